The SMILES string of the molecule is CCOC(=O)c1c(NC(=O)Nc2ccc(C)cc2)sc2c1CC[NH+](C)C2. The van der Waals surface area contributed by atoms with Crippen molar-refractivity contribution in [2.24, 2.45) is 0 Å². The number of hydrogen-bond donors (Lipinski definition) is 3. The van der Waals surface area contributed by atoms with E-state index in [2.05, 4.69) is 17.7 Å². The van der Waals surface area contributed by atoms with Gasteiger partial charge >= 0.3 is 12.0 Å². The molecule has 6 nitrogen and oxygen atoms in total. The highest BCUT2D eigenvalue weighted by atomic mass is 32.1. The Morgan fingerprint density at radius 1 is 1.23 bits per heavy atom. The Morgan fingerprint density at radius 2 is 1.96 bits per heavy atom. The van der Waals surface area contributed by atoms with Crippen molar-refractivity contribution in [1.29, 1.82) is 0 Å². The maximum Gasteiger partial charge on any atom is 0.341 e. The Hall–Kier alpha value is -2.38. The van der Waals surface area contributed by atoms with E-state index in [9.17, 15) is 9.59 Å². The van der Waals surface area contributed by atoms with E-state index >= 15 is 0 Å². The maximum atomic E-state index is 12.5. The third-order valence-electron chi connectivity index (χ3n) is 4.37. The summed E-state index contributed by atoms with van der Waals surface area (Å²) in [4.78, 5) is 27.4. The number of urea groups is 1. The number of likely N-dealkylation sites (N-methyl/N-ethyl adjacent to an activating group) is 1. The second-order valence-electron chi connectivity index (χ2n) is 6.51. The van der Waals surface area contributed by atoms with E-state index in [0.717, 1.165) is 35.5 Å². The summed E-state index contributed by atoms with van der Waals surface area (Å²) in [5.41, 5.74) is 3.36. The molecule has 1 aliphatic rings. The van der Waals surface area contributed by atoms with Gasteiger partial charge in [-0.3, -0.25) is 5.32 Å². The Kier molecular flexibility index (Phi) is 5.58. The Balaban J connectivity index is 1.82. The number of quaternary nitrogens is 1. The minimum Gasteiger partial charge on any atom is -0.462 e. The van der Waals surface area contributed by atoms with Crippen molar-refractivity contribution in [3.05, 3.63) is 45.8 Å². The molecule has 1 aromatic heterocycles. The molecule has 1 atom stereocenters. The molecule has 1 aromatic carbocycles. The van der Waals surface area contributed by atoms with E-state index in [1.54, 1.807) is 6.92 Å². The molecule has 0 fully saturated rings. The second kappa shape index (κ2) is 7.88. The number of nitrogens with one attached hydrogen (secondary N) is 3. The quantitative estimate of drug-likeness (QED) is 0.720. The van der Waals surface area contributed by atoms with Crippen LogP contribution in [0.4, 0.5) is 15.5 Å². The van der Waals surface area contributed by atoms with E-state index in [0.29, 0.717) is 22.9 Å². The number of esters is 1. The molecule has 26 heavy (non-hydrogen) atoms. The van der Waals surface area contributed by atoms with Crippen molar-refractivity contribution in [3.8, 4) is 0 Å². The number of benzene rings is 1. The highest BCUT2D eigenvalue weighted by Crippen LogP contribution is 2.35. The zero-order valence-electron chi connectivity index (χ0n) is 15.3. The van der Waals surface area contributed by atoms with Crippen LogP contribution in [0.1, 0.15) is 33.3 Å². The lowest BCUT2D eigenvalue weighted by atomic mass is 10.0. The number of ether oxygens (including phenoxy) is 1. The van der Waals surface area contributed by atoms with Gasteiger partial charge < -0.3 is 15.0 Å². The lowest BCUT2D eigenvalue weighted by Gasteiger charge is -2.19. The highest BCUT2D eigenvalue weighted by molar-refractivity contribution is 7.17. The first-order chi connectivity index (χ1) is 12.5. The topological polar surface area (TPSA) is 71.9 Å². The summed E-state index contributed by atoms with van der Waals surface area (Å²) >= 11 is 1.47. The number of thiophene rings is 1. The van der Waals surface area contributed by atoms with Crippen LogP contribution in [0.25, 0.3) is 0 Å². The van der Waals surface area contributed by atoms with Crippen LogP contribution in [0.5, 0.6) is 0 Å². The van der Waals surface area contributed by atoms with Gasteiger partial charge in [-0.1, -0.05) is 17.7 Å². The fraction of sp³-hybridized carbons (Fsp3) is 0.368. The molecular weight excluding hydrogens is 350 g/mol. The maximum absolute atomic E-state index is 12.5. The third-order valence-corrected chi connectivity index (χ3v) is 5.52. The first-order valence-electron chi connectivity index (χ1n) is 8.75. The van der Waals surface area contributed by atoms with Crippen LogP contribution in [0.15, 0.2) is 24.3 Å². The molecule has 1 aliphatic heterocycles. The fourth-order valence-corrected chi connectivity index (χ4v) is 4.37. The summed E-state index contributed by atoms with van der Waals surface area (Å²) in [6, 6.07) is 7.20. The van der Waals surface area contributed by atoms with Gasteiger partial charge in [-0.2, -0.15) is 0 Å². The van der Waals surface area contributed by atoms with Crippen LogP contribution in [-0.2, 0) is 17.7 Å². The minimum atomic E-state index is -0.366. The lowest BCUT2D eigenvalue weighted by molar-refractivity contribution is -0.895. The average Bonchev–Trinajstić information content (AvgIpc) is 2.93. The summed E-state index contributed by atoms with van der Waals surface area (Å²) in [6.07, 6.45) is 0.813. The molecule has 0 saturated heterocycles. The summed E-state index contributed by atoms with van der Waals surface area (Å²) in [5.74, 6) is -0.366. The number of amides is 2. The van der Waals surface area contributed by atoms with E-state index in [1.165, 1.54) is 16.2 Å². The number of hydrogen-bond acceptors (Lipinski definition) is 4. The zero-order chi connectivity index (χ0) is 18.7. The van der Waals surface area contributed by atoms with Crippen LogP contribution in [0.3, 0.4) is 0 Å². The predicted molar refractivity (Wildman–Crippen MR) is 103 cm³/mol. The van der Waals surface area contributed by atoms with Crippen LogP contribution in [0, 0.1) is 6.92 Å². The van der Waals surface area contributed by atoms with Crippen LogP contribution < -0.4 is 15.5 Å². The molecule has 0 radical (unpaired) electrons. The largest absolute Gasteiger partial charge is 0.462 e. The Bertz CT molecular complexity index is 814. The molecule has 138 valence electrons. The molecule has 0 bridgehead atoms. The van der Waals surface area contributed by atoms with Gasteiger partial charge in [0.05, 0.1) is 30.6 Å². The number of carbonyl (C=O) groups is 2. The molecule has 2 aromatic rings. The van der Waals surface area contributed by atoms with E-state index in [4.69, 9.17) is 4.74 Å². The number of aryl methyl sites for hydroxylation is 1. The molecule has 7 heteroatoms. The first kappa shape index (κ1) is 18.4. The fourth-order valence-electron chi connectivity index (χ4n) is 3.03. The van der Waals surface area contributed by atoms with Crippen molar-refractivity contribution in [2.45, 2.75) is 26.8 Å². The van der Waals surface area contributed by atoms with E-state index < -0.39 is 0 Å². The molecule has 1 unspecified atom stereocenters. The van der Waals surface area contributed by atoms with Gasteiger partial charge in [0.25, 0.3) is 0 Å². The molecule has 3 N–H and O–H groups in total. The number of rotatable bonds is 4. The van der Waals surface area contributed by atoms with Gasteiger partial charge in [0.15, 0.2) is 0 Å². The summed E-state index contributed by atoms with van der Waals surface area (Å²) in [7, 11) is 2.13. The van der Waals surface area contributed by atoms with Crippen molar-refractivity contribution in [2.75, 3.05) is 30.8 Å². The molecule has 0 aliphatic carbocycles. The van der Waals surface area contributed by atoms with Gasteiger partial charge in [-0.15, -0.1) is 11.3 Å². The van der Waals surface area contributed by atoms with Gasteiger partial charge in [0.2, 0.25) is 0 Å². The second-order valence-corrected chi connectivity index (χ2v) is 7.61. The molecule has 2 heterocycles. The normalized spacial score (nSPS) is 15.9. The lowest BCUT2D eigenvalue weighted by Crippen LogP contribution is -3.08. The summed E-state index contributed by atoms with van der Waals surface area (Å²) < 4.78 is 5.22. The minimum absolute atomic E-state index is 0.309. The summed E-state index contributed by atoms with van der Waals surface area (Å²) in [6.45, 7) is 5.90. The van der Waals surface area contributed by atoms with Gasteiger partial charge in [-0.05, 0) is 31.5 Å². The monoisotopic (exact) mass is 374 g/mol. The molecule has 3 rings (SSSR count). The number of anilines is 2. The number of carbonyl (C=O) groups excluding carboxylic acids is 2. The van der Waals surface area contributed by atoms with E-state index in [1.807, 2.05) is 31.2 Å². The van der Waals surface area contributed by atoms with Gasteiger partial charge in [0, 0.05) is 12.1 Å². The van der Waals surface area contributed by atoms with Crippen molar-refractivity contribution in [1.82, 2.24) is 0 Å². The predicted octanol–water partition coefficient (Wildman–Crippen LogP) is 2.45. The van der Waals surface area contributed by atoms with Crippen LogP contribution in [-0.4, -0.2) is 32.2 Å². The van der Waals surface area contributed by atoms with Crippen molar-refractivity contribution < 1.29 is 19.2 Å². The Labute approximate surface area is 157 Å². The number of fused-ring (bicyclic) bond motifs is 1. The molecule has 2 amide bonds. The summed E-state index contributed by atoms with van der Waals surface area (Å²) in [5, 5.41) is 6.21. The molecular formula is C19H24N3O3S+. The van der Waals surface area contributed by atoms with Crippen LogP contribution >= 0.6 is 11.3 Å². The van der Waals surface area contributed by atoms with E-state index in [-0.39, 0.29) is 12.0 Å². The van der Waals surface area contributed by atoms with Gasteiger partial charge in [-0.25, -0.2) is 9.59 Å². The first-order valence-corrected chi connectivity index (χ1v) is 9.57. The average molecular weight is 374 g/mol. The molecule has 0 spiro atoms. The zero-order valence-corrected chi connectivity index (χ0v) is 16.1. The van der Waals surface area contributed by atoms with Gasteiger partial charge in [0.1, 0.15) is 11.5 Å². The third kappa shape index (κ3) is 4.05. The van der Waals surface area contributed by atoms with Crippen LogP contribution in [0.2, 0.25) is 0 Å². The Morgan fingerprint density at radius 3 is 2.65 bits per heavy atom. The highest BCUT2D eigenvalue weighted by Gasteiger charge is 2.30. The van der Waals surface area contributed by atoms with Crippen molar-refractivity contribution in [3.63, 3.8) is 0 Å². The van der Waals surface area contributed by atoms with Crippen molar-refractivity contribution >= 4 is 34.0 Å². The molecule has 0 saturated carbocycles. The smallest absolute Gasteiger partial charge is 0.341 e. The standard InChI is InChI=1S/C19H23N3O3S/c1-4-25-18(23)16-14-9-10-22(3)11-15(14)26-17(16)21-19(24)20-13-7-5-12(2)6-8-13/h5-8H,4,9-11H2,1-3H3,(H2,20,21,24)/p+1.